The predicted molar refractivity (Wildman–Crippen MR) is 87.4 cm³/mol. The van der Waals surface area contributed by atoms with Gasteiger partial charge in [-0.2, -0.15) is 0 Å². The van der Waals surface area contributed by atoms with Gasteiger partial charge < -0.3 is 5.32 Å². The van der Waals surface area contributed by atoms with Crippen molar-refractivity contribution in [2.75, 3.05) is 5.88 Å². The average molecular weight is 320 g/mol. The van der Waals surface area contributed by atoms with E-state index in [2.05, 4.69) is 5.32 Å². The molecule has 22 heavy (non-hydrogen) atoms. The van der Waals surface area contributed by atoms with Crippen molar-refractivity contribution >= 4 is 28.5 Å². The Kier molecular flexibility index (Phi) is 4.07. The number of hydrogen-bond donors (Lipinski definition) is 1. The van der Waals surface area contributed by atoms with Gasteiger partial charge >= 0.3 is 5.69 Å². The van der Waals surface area contributed by atoms with E-state index in [0.29, 0.717) is 19.0 Å². The maximum Gasteiger partial charge on any atom is 0.329 e. The summed E-state index contributed by atoms with van der Waals surface area (Å²) >= 11 is 5.64. The van der Waals surface area contributed by atoms with Crippen LogP contribution in [0.5, 0.6) is 0 Å². The highest BCUT2D eigenvalue weighted by Gasteiger charge is 2.25. The van der Waals surface area contributed by atoms with Crippen LogP contribution in [0.4, 0.5) is 0 Å². The molecule has 1 aromatic heterocycles. The third-order valence-electron chi connectivity index (χ3n) is 3.94. The normalized spacial score (nSPS) is 17.3. The van der Waals surface area contributed by atoms with E-state index in [1.165, 1.54) is 6.92 Å². The minimum absolute atomic E-state index is 0.0393. The van der Waals surface area contributed by atoms with Crippen LogP contribution < -0.4 is 11.0 Å². The number of rotatable bonds is 4. The van der Waals surface area contributed by atoms with Crippen molar-refractivity contribution in [3.63, 3.8) is 0 Å². The van der Waals surface area contributed by atoms with Crippen molar-refractivity contribution in [1.82, 2.24) is 14.5 Å². The summed E-state index contributed by atoms with van der Waals surface area (Å²) in [7, 11) is 0. The predicted octanol–water partition coefficient (Wildman–Crippen LogP) is 1.66. The minimum atomic E-state index is -0.0712. The monoisotopic (exact) mass is 319 g/mol. The quantitative estimate of drug-likeness (QED) is 0.688. The number of nitrogens with zero attached hydrogens (tertiary/aromatic N) is 2. The zero-order chi connectivity index (χ0) is 15.7. The first-order valence-corrected chi connectivity index (χ1v) is 7.84. The summed E-state index contributed by atoms with van der Waals surface area (Å²) in [6.45, 7) is 2.52. The van der Waals surface area contributed by atoms with E-state index in [1.54, 1.807) is 9.13 Å². The number of allylic oxidation sites excluding steroid dienone is 2. The SMILES string of the molecule is CC(=O)NC1Cc2cccc3c2n(c(=O)n3C/C=C\CCl)C1. The van der Waals surface area contributed by atoms with Gasteiger partial charge in [0.15, 0.2) is 0 Å². The summed E-state index contributed by atoms with van der Waals surface area (Å²) in [5, 5.41) is 2.91. The minimum Gasteiger partial charge on any atom is -0.351 e. The largest absolute Gasteiger partial charge is 0.351 e. The molecule has 1 atom stereocenters. The number of amides is 1. The summed E-state index contributed by atoms with van der Waals surface area (Å²) in [6, 6.07) is 5.90. The standard InChI is InChI=1S/C16H18ClN3O2/c1-11(21)18-13-9-12-5-4-6-14-15(12)20(10-13)16(22)19(14)8-3-2-7-17/h2-6,13H,7-10H2,1H3,(H,18,21)/b3-2-. The molecule has 0 bridgehead atoms. The fraction of sp³-hybridized carbons (Fsp3) is 0.375. The summed E-state index contributed by atoms with van der Waals surface area (Å²) in [5.74, 6) is 0.363. The number of imidazole rings is 1. The Hall–Kier alpha value is -2.01. The van der Waals surface area contributed by atoms with E-state index in [-0.39, 0.29) is 17.6 Å². The second-order valence-corrected chi connectivity index (χ2v) is 5.82. The van der Waals surface area contributed by atoms with Crippen LogP contribution in [-0.2, 0) is 24.3 Å². The van der Waals surface area contributed by atoms with Gasteiger partial charge in [0.1, 0.15) is 0 Å². The number of hydrogen-bond acceptors (Lipinski definition) is 2. The molecule has 2 heterocycles. The highest BCUT2D eigenvalue weighted by atomic mass is 35.5. The van der Waals surface area contributed by atoms with Gasteiger partial charge in [0.2, 0.25) is 5.91 Å². The van der Waals surface area contributed by atoms with Gasteiger partial charge in [0, 0.05) is 25.9 Å². The molecule has 2 aromatic rings. The van der Waals surface area contributed by atoms with Crippen LogP contribution in [0.25, 0.3) is 11.0 Å². The first kappa shape index (κ1) is 14.9. The van der Waals surface area contributed by atoms with Gasteiger partial charge in [-0.05, 0) is 18.1 Å². The van der Waals surface area contributed by atoms with Gasteiger partial charge in [-0.3, -0.25) is 13.9 Å². The fourth-order valence-corrected chi connectivity index (χ4v) is 3.27. The number of carbonyl (C=O) groups is 1. The number of benzene rings is 1. The van der Waals surface area contributed by atoms with E-state index < -0.39 is 0 Å². The van der Waals surface area contributed by atoms with Crippen molar-refractivity contribution in [1.29, 1.82) is 0 Å². The lowest BCUT2D eigenvalue weighted by molar-refractivity contribution is -0.119. The molecule has 0 spiro atoms. The molecular weight excluding hydrogens is 302 g/mol. The van der Waals surface area contributed by atoms with E-state index in [0.717, 1.165) is 23.0 Å². The van der Waals surface area contributed by atoms with Crippen molar-refractivity contribution in [3.8, 4) is 0 Å². The molecule has 1 aliphatic heterocycles. The van der Waals surface area contributed by atoms with Crippen LogP contribution >= 0.6 is 11.6 Å². The summed E-state index contributed by atoms with van der Waals surface area (Å²) in [5.41, 5.74) is 2.97. The van der Waals surface area contributed by atoms with Gasteiger partial charge in [0.05, 0.1) is 17.1 Å². The van der Waals surface area contributed by atoms with E-state index in [1.807, 2.05) is 30.4 Å². The van der Waals surface area contributed by atoms with Crippen LogP contribution in [0, 0.1) is 0 Å². The zero-order valence-corrected chi connectivity index (χ0v) is 13.1. The maximum atomic E-state index is 12.7. The molecular formula is C16H18ClN3O2. The van der Waals surface area contributed by atoms with Crippen molar-refractivity contribution < 1.29 is 4.79 Å². The molecule has 1 N–H and O–H groups in total. The van der Waals surface area contributed by atoms with Crippen molar-refractivity contribution in [3.05, 3.63) is 46.4 Å². The summed E-state index contributed by atoms with van der Waals surface area (Å²) in [4.78, 5) is 24.0. The first-order chi connectivity index (χ1) is 10.6. The molecule has 5 nitrogen and oxygen atoms in total. The number of alkyl halides is 1. The molecule has 6 heteroatoms. The van der Waals surface area contributed by atoms with Crippen LogP contribution in [-0.4, -0.2) is 27.0 Å². The van der Waals surface area contributed by atoms with Crippen molar-refractivity contribution in [2.45, 2.75) is 32.5 Å². The Balaban J connectivity index is 2.07. The molecule has 116 valence electrons. The third-order valence-corrected chi connectivity index (χ3v) is 4.12. The van der Waals surface area contributed by atoms with Crippen LogP contribution in [0.15, 0.2) is 35.1 Å². The zero-order valence-electron chi connectivity index (χ0n) is 12.4. The molecule has 0 radical (unpaired) electrons. The first-order valence-electron chi connectivity index (χ1n) is 7.30. The number of aromatic nitrogens is 2. The molecule has 1 aromatic carbocycles. The van der Waals surface area contributed by atoms with Crippen molar-refractivity contribution in [2.24, 2.45) is 0 Å². The Bertz CT molecular complexity index is 804. The smallest absolute Gasteiger partial charge is 0.329 e. The van der Waals surface area contributed by atoms with Gasteiger partial charge in [-0.25, -0.2) is 4.79 Å². The lowest BCUT2D eigenvalue weighted by Gasteiger charge is -2.24. The molecule has 0 saturated carbocycles. The molecule has 0 aliphatic carbocycles. The Morgan fingerprint density at radius 1 is 1.45 bits per heavy atom. The third kappa shape index (κ3) is 2.57. The Labute approximate surface area is 133 Å². The molecule has 0 fully saturated rings. The summed E-state index contributed by atoms with van der Waals surface area (Å²) < 4.78 is 3.52. The maximum absolute atomic E-state index is 12.7. The fourth-order valence-electron chi connectivity index (χ4n) is 3.14. The van der Waals surface area contributed by atoms with Gasteiger partial charge in [-0.15, -0.1) is 11.6 Å². The molecule has 1 amide bonds. The van der Waals surface area contributed by atoms with E-state index in [9.17, 15) is 9.59 Å². The Morgan fingerprint density at radius 2 is 2.27 bits per heavy atom. The van der Waals surface area contributed by atoms with Crippen LogP contribution in [0.1, 0.15) is 12.5 Å². The second-order valence-electron chi connectivity index (χ2n) is 5.52. The molecule has 1 aliphatic rings. The molecule has 3 rings (SSSR count). The van der Waals surface area contributed by atoms with E-state index in [4.69, 9.17) is 11.6 Å². The number of para-hydroxylation sites is 1. The highest BCUT2D eigenvalue weighted by Crippen LogP contribution is 2.24. The van der Waals surface area contributed by atoms with Crippen LogP contribution in [0.2, 0.25) is 0 Å². The average Bonchev–Trinajstić information content (AvgIpc) is 2.74. The summed E-state index contributed by atoms with van der Waals surface area (Å²) in [6.07, 6.45) is 4.48. The topological polar surface area (TPSA) is 56.0 Å². The number of carbonyl (C=O) groups excluding carboxylic acids is 1. The lowest BCUT2D eigenvalue weighted by atomic mass is 10.0. The molecule has 0 saturated heterocycles. The number of halogens is 1. The van der Waals surface area contributed by atoms with Crippen LogP contribution in [0.3, 0.4) is 0 Å². The van der Waals surface area contributed by atoms with Gasteiger partial charge in [0.25, 0.3) is 0 Å². The highest BCUT2D eigenvalue weighted by molar-refractivity contribution is 6.18. The number of nitrogens with one attached hydrogen (secondary N) is 1. The second kappa shape index (κ2) is 6.01. The Morgan fingerprint density at radius 3 is 3.00 bits per heavy atom. The molecule has 1 unspecified atom stereocenters. The van der Waals surface area contributed by atoms with E-state index >= 15 is 0 Å². The lowest BCUT2D eigenvalue weighted by Crippen LogP contribution is -2.42. The van der Waals surface area contributed by atoms with Gasteiger partial charge in [-0.1, -0.05) is 24.3 Å².